The molecule has 2 fully saturated rings. The van der Waals surface area contributed by atoms with Crippen LogP contribution in [0.2, 0.25) is 0 Å². The summed E-state index contributed by atoms with van der Waals surface area (Å²) in [6, 6.07) is 0. The predicted octanol–water partition coefficient (Wildman–Crippen LogP) is 3.53. The van der Waals surface area contributed by atoms with Crippen molar-refractivity contribution < 1.29 is 5.11 Å². The molecule has 0 radical (unpaired) electrons. The normalized spacial score (nSPS) is 45.1. The molecule has 0 aromatic carbocycles. The van der Waals surface area contributed by atoms with Crippen LogP contribution in [0, 0.1) is 17.3 Å². The number of hydrogen-bond donors (Lipinski definition) is 1. The third-order valence-electron chi connectivity index (χ3n) is 5.04. The zero-order valence-electron chi connectivity index (χ0n) is 10.1. The summed E-state index contributed by atoms with van der Waals surface area (Å²) in [5.41, 5.74) is 1.76. The Labute approximate surface area is 93.6 Å². The molecule has 0 aliphatic heterocycles. The van der Waals surface area contributed by atoms with Crippen molar-refractivity contribution in [2.24, 2.45) is 17.3 Å². The molecule has 0 aromatic heterocycles. The standard InChI is InChI=1S/C14H24O/c1-4-10(2)11-7-8-12-13(15)6-5-9-14(11,12)3/h11-13,15H,2,4-9H2,1,3H3/t11?,12?,13-,14+/m0/s1. The number of allylic oxidation sites excluding steroid dienone is 1. The van der Waals surface area contributed by atoms with Crippen molar-refractivity contribution in [3.63, 3.8) is 0 Å². The number of rotatable bonds is 2. The van der Waals surface area contributed by atoms with Crippen LogP contribution in [0.25, 0.3) is 0 Å². The van der Waals surface area contributed by atoms with Gasteiger partial charge in [-0.2, -0.15) is 0 Å². The average molecular weight is 208 g/mol. The Hall–Kier alpha value is -0.300. The molecule has 0 heterocycles. The van der Waals surface area contributed by atoms with Gasteiger partial charge in [-0.1, -0.05) is 32.4 Å². The summed E-state index contributed by atoms with van der Waals surface area (Å²) in [5, 5.41) is 10.1. The maximum Gasteiger partial charge on any atom is 0.0573 e. The largest absolute Gasteiger partial charge is 0.393 e. The van der Waals surface area contributed by atoms with Crippen molar-refractivity contribution in [3.8, 4) is 0 Å². The molecule has 2 rings (SSSR count). The molecule has 4 atom stereocenters. The number of aliphatic hydroxyl groups excluding tert-OH is 1. The van der Waals surface area contributed by atoms with Gasteiger partial charge in [0.2, 0.25) is 0 Å². The van der Waals surface area contributed by atoms with Crippen molar-refractivity contribution >= 4 is 0 Å². The van der Waals surface area contributed by atoms with Crippen LogP contribution in [-0.4, -0.2) is 11.2 Å². The minimum Gasteiger partial charge on any atom is -0.393 e. The van der Waals surface area contributed by atoms with Gasteiger partial charge in [-0.15, -0.1) is 0 Å². The highest BCUT2D eigenvalue weighted by molar-refractivity contribution is 5.13. The smallest absolute Gasteiger partial charge is 0.0573 e. The molecule has 15 heavy (non-hydrogen) atoms. The summed E-state index contributed by atoms with van der Waals surface area (Å²) in [6.07, 6.45) is 7.03. The van der Waals surface area contributed by atoms with E-state index in [1.54, 1.807) is 0 Å². The van der Waals surface area contributed by atoms with Gasteiger partial charge in [0.25, 0.3) is 0 Å². The third kappa shape index (κ3) is 1.65. The molecular weight excluding hydrogens is 184 g/mol. The van der Waals surface area contributed by atoms with E-state index in [1.807, 2.05) is 0 Å². The van der Waals surface area contributed by atoms with Crippen LogP contribution in [0.5, 0.6) is 0 Å². The van der Waals surface area contributed by atoms with E-state index in [1.165, 1.54) is 31.3 Å². The minimum absolute atomic E-state index is 0.0431. The molecule has 2 aliphatic carbocycles. The van der Waals surface area contributed by atoms with Crippen LogP contribution in [0.4, 0.5) is 0 Å². The van der Waals surface area contributed by atoms with Crippen molar-refractivity contribution in [2.75, 3.05) is 0 Å². The quantitative estimate of drug-likeness (QED) is 0.688. The zero-order valence-corrected chi connectivity index (χ0v) is 10.1. The highest BCUT2D eigenvalue weighted by Crippen LogP contribution is 2.57. The molecule has 2 aliphatic rings. The van der Waals surface area contributed by atoms with Crippen molar-refractivity contribution in [2.45, 2.75) is 58.5 Å². The van der Waals surface area contributed by atoms with Gasteiger partial charge in [-0.05, 0) is 49.4 Å². The first-order chi connectivity index (χ1) is 7.09. The second-order valence-corrected chi connectivity index (χ2v) is 5.71. The Kier molecular flexibility index (Phi) is 2.94. The fourth-order valence-electron chi connectivity index (χ4n) is 4.07. The Balaban J connectivity index is 2.21. The SMILES string of the molecule is C=C(CC)C1CCC2[C@@H](O)CCC[C@]12C. The second-order valence-electron chi connectivity index (χ2n) is 5.71. The van der Waals surface area contributed by atoms with E-state index < -0.39 is 0 Å². The van der Waals surface area contributed by atoms with Gasteiger partial charge in [-0.25, -0.2) is 0 Å². The van der Waals surface area contributed by atoms with Crippen molar-refractivity contribution in [1.29, 1.82) is 0 Å². The fraction of sp³-hybridized carbons (Fsp3) is 0.857. The van der Waals surface area contributed by atoms with Crippen LogP contribution in [0.1, 0.15) is 52.4 Å². The molecule has 0 spiro atoms. The Morgan fingerprint density at radius 2 is 2.13 bits per heavy atom. The second kappa shape index (κ2) is 3.93. The van der Waals surface area contributed by atoms with E-state index in [9.17, 15) is 5.11 Å². The molecule has 0 bridgehead atoms. The highest BCUT2D eigenvalue weighted by Gasteiger charge is 2.51. The summed E-state index contributed by atoms with van der Waals surface area (Å²) >= 11 is 0. The molecule has 2 saturated carbocycles. The minimum atomic E-state index is -0.0431. The van der Waals surface area contributed by atoms with Crippen molar-refractivity contribution in [1.82, 2.24) is 0 Å². The molecule has 0 saturated heterocycles. The lowest BCUT2D eigenvalue weighted by molar-refractivity contribution is -0.0112. The van der Waals surface area contributed by atoms with E-state index >= 15 is 0 Å². The number of fused-ring (bicyclic) bond motifs is 1. The predicted molar refractivity (Wildman–Crippen MR) is 63.6 cm³/mol. The van der Waals surface area contributed by atoms with E-state index in [0.29, 0.717) is 17.3 Å². The van der Waals surface area contributed by atoms with E-state index in [4.69, 9.17) is 0 Å². The van der Waals surface area contributed by atoms with Crippen molar-refractivity contribution in [3.05, 3.63) is 12.2 Å². The van der Waals surface area contributed by atoms with E-state index in [0.717, 1.165) is 12.8 Å². The van der Waals surface area contributed by atoms with Gasteiger partial charge < -0.3 is 5.11 Å². The molecule has 86 valence electrons. The van der Waals surface area contributed by atoms with Gasteiger partial charge >= 0.3 is 0 Å². The monoisotopic (exact) mass is 208 g/mol. The highest BCUT2D eigenvalue weighted by atomic mass is 16.3. The van der Waals surface area contributed by atoms with Gasteiger partial charge in [0.15, 0.2) is 0 Å². The first-order valence-electron chi connectivity index (χ1n) is 6.45. The average Bonchev–Trinajstić information content (AvgIpc) is 2.56. The summed E-state index contributed by atoms with van der Waals surface area (Å²) in [6.45, 7) is 8.83. The van der Waals surface area contributed by atoms with Crippen LogP contribution >= 0.6 is 0 Å². The third-order valence-corrected chi connectivity index (χ3v) is 5.04. The Morgan fingerprint density at radius 1 is 1.40 bits per heavy atom. The van der Waals surface area contributed by atoms with Gasteiger partial charge in [0, 0.05) is 0 Å². The lowest BCUT2D eigenvalue weighted by Gasteiger charge is -2.43. The molecule has 0 amide bonds. The first kappa shape index (κ1) is 11.2. The van der Waals surface area contributed by atoms with Crippen LogP contribution in [0.3, 0.4) is 0 Å². The molecular formula is C14H24O. The molecule has 1 nitrogen and oxygen atoms in total. The molecule has 2 unspecified atom stereocenters. The lowest BCUT2D eigenvalue weighted by atomic mass is 9.63. The van der Waals surface area contributed by atoms with Crippen LogP contribution in [0.15, 0.2) is 12.2 Å². The van der Waals surface area contributed by atoms with Gasteiger partial charge in [0.05, 0.1) is 6.10 Å². The number of aliphatic hydroxyl groups is 1. The molecule has 1 heteroatoms. The lowest BCUT2D eigenvalue weighted by Crippen LogP contribution is -2.40. The van der Waals surface area contributed by atoms with E-state index in [2.05, 4.69) is 20.4 Å². The number of hydrogen-bond acceptors (Lipinski definition) is 1. The summed E-state index contributed by atoms with van der Waals surface area (Å²) in [5.74, 6) is 1.21. The Bertz CT molecular complexity index is 258. The first-order valence-corrected chi connectivity index (χ1v) is 6.45. The molecule has 1 N–H and O–H groups in total. The van der Waals surface area contributed by atoms with Crippen LogP contribution in [-0.2, 0) is 0 Å². The van der Waals surface area contributed by atoms with Gasteiger partial charge in [0.1, 0.15) is 0 Å². The van der Waals surface area contributed by atoms with Crippen LogP contribution < -0.4 is 0 Å². The summed E-state index contributed by atoms with van der Waals surface area (Å²) in [7, 11) is 0. The maximum absolute atomic E-state index is 10.1. The van der Waals surface area contributed by atoms with Gasteiger partial charge in [-0.3, -0.25) is 0 Å². The summed E-state index contributed by atoms with van der Waals surface area (Å²) in [4.78, 5) is 0. The molecule has 0 aromatic rings. The summed E-state index contributed by atoms with van der Waals surface area (Å²) < 4.78 is 0. The fourth-order valence-corrected chi connectivity index (χ4v) is 4.07. The maximum atomic E-state index is 10.1. The van der Waals surface area contributed by atoms with E-state index in [-0.39, 0.29) is 6.10 Å². The zero-order chi connectivity index (χ0) is 11.1. The topological polar surface area (TPSA) is 20.2 Å². The Morgan fingerprint density at radius 3 is 2.80 bits per heavy atom.